The second-order valence-corrected chi connectivity index (χ2v) is 22.5. The molecule has 0 bridgehead atoms. The third-order valence-electron chi connectivity index (χ3n) is 12.5. The summed E-state index contributed by atoms with van der Waals surface area (Å²) in [6, 6.07) is 31.5. The Morgan fingerprint density at radius 1 is 0.861 bits per heavy atom. The minimum absolute atomic E-state index is 0.0825. The number of piperidine rings is 1. The predicted molar refractivity (Wildman–Crippen MR) is 271 cm³/mol. The molecular weight excluding hydrogens is 1020 g/mol. The SMILES string of the molecule is CN(CC(=O)NC(c1ccccc1-c1ccc(Cl)cc1)C1CCN(c2ccc(C(=O)NS(=O)(=O)c3ccc(N[C@H](CCN4CCOCC4)CSc4ccccc4)c(S(=O)(=O)C(F)(F)F)c3)cc2)CC1)C(=O)O. The Morgan fingerprint density at radius 3 is 2.17 bits per heavy atom. The number of hydrogen-bond donors (Lipinski definition) is 4. The molecule has 2 atom stereocenters. The molecule has 2 aliphatic heterocycles. The van der Waals surface area contributed by atoms with Crippen LogP contribution in [-0.4, -0.2) is 126 Å². The second-order valence-electron chi connectivity index (χ2n) is 17.4. The van der Waals surface area contributed by atoms with Crippen LogP contribution in [0, 0.1) is 5.92 Å². The van der Waals surface area contributed by atoms with Crippen molar-refractivity contribution in [2.45, 2.75) is 51.5 Å². The van der Waals surface area contributed by atoms with Gasteiger partial charge < -0.3 is 30.3 Å². The number of carbonyl (C=O) groups excluding carboxylic acids is 2. The molecule has 22 heteroatoms. The van der Waals surface area contributed by atoms with E-state index in [-0.39, 0.29) is 18.0 Å². The molecule has 15 nitrogen and oxygen atoms in total. The van der Waals surface area contributed by atoms with Crippen LogP contribution >= 0.6 is 23.4 Å². The van der Waals surface area contributed by atoms with Crippen LogP contribution < -0.4 is 20.3 Å². The van der Waals surface area contributed by atoms with Gasteiger partial charge in [0.25, 0.3) is 25.8 Å². The highest BCUT2D eigenvalue weighted by Crippen LogP contribution is 2.39. The molecular formula is C50H54ClF3N6O9S3. The molecule has 384 valence electrons. The van der Waals surface area contributed by atoms with Gasteiger partial charge in [-0.3, -0.25) is 14.5 Å². The Bertz CT molecular complexity index is 2910. The molecule has 0 aromatic heterocycles. The number of sulfone groups is 1. The molecule has 4 N–H and O–H groups in total. The van der Waals surface area contributed by atoms with E-state index in [2.05, 4.69) is 20.4 Å². The molecule has 0 spiro atoms. The molecule has 72 heavy (non-hydrogen) atoms. The molecule has 7 rings (SSSR count). The number of likely N-dealkylation sites (N-methyl/N-ethyl adjacent to an activating group) is 1. The normalized spacial score (nSPS) is 15.8. The lowest BCUT2D eigenvalue weighted by atomic mass is 9.82. The number of anilines is 2. The number of hydrogen-bond acceptors (Lipinski definition) is 12. The minimum atomic E-state index is -6.11. The Balaban J connectivity index is 1.05. The number of sulfonamides is 1. The molecule has 3 amide bonds. The average Bonchev–Trinajstić information content (AvgIpc) is 3.37. The zero-order valence-corrected chi connectivity index (χ0v) is 42.3. The van der Waals surface area contributed by atoms with E-state index in [1.54, 1.807) is 24.3 Å². The smallest absolute Gasteiger partial charge is 0.465 e. The number of carbonyl (C=O) groups is 3. The van der Waals surface area contributed by atoms with Crippen LogP contribution in [0.15, 0.2) is 136 Å². The number of halogens is 4. The summed E-state index contributed by atoms with van der Waals surface area (Å²) in [7, 11) is -9.72. The molecule has 1 unspecified atom stereocenters. The quantitative estimate of drug-likeness (QED) is 0.0577. The molecule has 2 heterocycles. The number of ether oxygens (including phenoxy) is 1. The monoisotopic (exact) mass is 1070 g/mol. The van der Waals surface area contributed by atoms with Crippen molar-refractivity contribution in [1.29, 1.82) is 0 Å². The number of thioether (sulfide) groups is 1. The summed E-state index contributed by atoms with van der Waals surface area (Å²) in [4.78, 5) is 42.1. The van der Waals surface area contributed by atoms with Crippen LogP contribution in [0.4, 0.5) is 29.3 Å². The Hall–Kier alpha value is -5.84. The highest BCUT2D eigenvalue weighted by Gasteiger charge is 2.48. The van der Waals surface area contributed by atoms with E-state index in [1.165, 1.54) is 30.9 Å². The van der Waals surface area contributed by atoms with Crippen molar-refractivity contribution >= 4 is 72.5 Å². The van der Waals surface area contributed by atoms with Crippen molar-refractivity contribution < 1.29 is 54.2 Å². The molecule has 0 aliphatic carbocycles. The third-order valence-corrected chi connectivity index (χ3v) is 16.8. The van der Waals surface area contributed by atoms with Gasteiger partial charge in [-0.15, -0.1) is 11.8 Å². The highest BCUT2D eigenvalue weighted by atomic mass is 35.5. The summed E-state index contributed by atoms with van der Waals surface area (Å²) in [5, 5.41) is 16.0. The maximum Gasteiger partial charge on any atom is 0.501 e. The summed E-state index contributed by atoms with van der Waals surface area (Å²) in [6.45, 7) is 3.56. The molecule has 0 radical (unpaired) electrons. The second kappa shape index (κ2) is 23.8. The number of alkyl halides is 3. The number of morpholine rings is 1. The standard InChI is InChI=1S/C50H54ClF3N6O9S3/c1-58(49(63)64)32-46(61)56-47(43-10-6-5-9-42(43)34-11-15-37(51)16-12-34)35-21-25-60(26-22-35)39-17-13-36(14-18-39)48(62)57-72(67,68)41-19-20-44(45(31-41)71(65,66)50(52,53)54)55-38(23-24-59-27-29-69-30-28-59)33-70-40-7-3-2-4-8-40/h2-20,31,35,38,47,55H,21-30,32-33H2,1H3,(H,56,61)(H,57,62)(H,63,64)/t38-,47?/m1/s1. The third kappa shape index (κ3) is 13.8. The fourth-order valence-electron chi connectivity index (χ4n) is 8.60. The van der Waals surface area contributed by atoms with E-state index in [4.69, 9.17) is 16.3 Å². The van der Waals surface area contributed by atoms with Crippen LogP contribution in [0.25, 0.3) is 11.1 Å². The molecule has 2 aliphatic rings. The zero-order chi connectivity index (χ0) is 51.6. The molecule has 0 saturated carbocycles. The minimum Gasteiger partial charge on any atom is -0.465 e. The molecule has 2 saturated heterocycles. The van der Waals surface area contributed by atoms with Gasteiger partial charge in [0, 0.05) is 72.7 Å². The number of benzene rings is 5. The fourth-order valence-corrected chi connectivity index (χ4v) is 11.7. The van der Waals surface area contributed by atoms with Gasteiger partial charge in [0.15, 0.2) is 0 Å². The van der Waals surface area contributed by atoms with Crippen molar-refractivity contribution in [3.63, 3.8) is 0 Å². The van der Waals surface area contributed by atoms with Gasteiger partial charge in [-0.2, -0.15) is 13.2 Å². The summed E-state index contributed by atoms with van der Waals surface area (Å²) >= 11 is 7.60. The largest absolute Gasteiger partial charge is 0.501 e. The molecule has 5 aromatic rings. The van der Waals surface area contributed by atoms with Crippen molar-refractivity contribution in [3.8, 4) is 11.1 Å². The maximum atomic E-state index is 14.2. The van der Waals surface area contributed by atoms with Crippen molar-refractivity contribution in [2.75, 3.05) is 75.5 Å². The van der Waals surface area contributed by atoms with Crippen molar-refractivity contribution in [3.05, 3.63) is 137 Å². The van der Waals surface area contributed by atoms with Crippen molar-refractivity contribution in [2.24, 2.45) is 5.92 Å². The van der Waals surface area contributed by atoms with Crippen LogP contribution in [0.1, 0.15) is 41.2 Å². The van der Waals surface area contributed by atoms with Crippen LogP contribution in [-0.2, 0) is 29.4 Å². The maximum absolute atomic E-state index is 14.2. The molecule has 2 fully saturated rings. The van der Waals surface area contributed by atoms with E-state index in [9.17, 15) is 49.5 Å². The van der Waals surface area contributed by atoms with E-state index >= 15 is 0 Å². The number of nitrogens with one attached hydrogen (secondary N) is 3. The predicted octanol–water partition coefficient (Wildman–Crippen LogP) is 8.40. The van der Waals surface area contributed by atoms with Gasteiger partial charge in [0.1, 0.15) is 11.4 Å². The number of carboxylic acid groups (broad SMARTS) is 1. The summed E-state index contributed by atoms with van der Waals surface area (Å²) in [5.74, 6) is -1.32. The number of nitrogens with zero attached hydrogens (tertiary/aromatic N) is 3. The van der Waals surface area contributed by atoms with Crippen LogP contribution in [0.3, 0.4) is 0 Å². The summed E-state index contributed by atoms with van der Waals surface area (Å²) < 4.78 is 104. The van der Waals surface area contributed by atoms with Crippen molar-refractivity contribution in [1.82, 2.24) is 19.8 Å². The number of amides is 3. The summed E-state index contributed by atoms with van der Waals surface area (Å²) in [5.41, 5.74) is -3.01. The van der Waals surface area contributed by atoms with Gasteiger partial charge in [-0.25, -0.2) is 26.4 Å². The first-order valence-corrected chi connectivity index (χ1v) is 27.3. The lowest BCUT2D eigenvalue weighted by Crippen LogP contribution is -2.44. The average molecular weight is 1070 g/mol. The fraction of sp³-hybridized carbons (Fsp3) is 0.340. The lowest BCUT2D eigenvalue weighted by molar-refractivity contribution is -0.122. The molecule has 5 aromatic carbocycles. The topological polar surface area (TPSA) is 195 Å². The highest BCUT2D eigenvalue weighted by molar-refractivity contribution is 7.99. The Labute approximate surface area is 426 Å². The van der Waals surface area contributed by atoms with Gasteiger partial charge in [-0.1, -0.05) is 66.2 Å². The first-order chi connectivity index (χ1) is 34.3. The number of rotatable bonds is 19. The van der Waals surface area contributed by atoms with Crippen LogP contribution in [0.5, 0.6) is 0 Å². The van der Waals surface area contributed by atoms with E-state index < -0.39 is 70.8 Å². The van der Waals surface area contributed by atoms with Gasteiger partial charge >= 0.3 is 11.6 Å². The first-order valence-electron chi connectivity index (χ1n) is 23.0. The van der Waals surface area contributed by atoms with Crippen LogP contribution in [0.2, 0.25) is 5.02 Å². The van der Waals surface area contributed by atoms with Gasteiger partial charge in [0.05, 0.1) is 29.8 Å². The summed E-state index contributed by atoms with van der Waals surface area (Å²) in [6.07, 6.45) is 0.356. The van der Waals surface area contributed by atoms with E-state index in [1.807, 2.05) is 71.5 Å². The Morgan fingerprint density at radius 2 is 1.51 bits per heavy atom. The van der Waals surface area contributed by atoms with Gasteiger partial charge in [0.2, 0.25) is 5.91 Å². The van der Waals surface area contributed by atoms with Gasteiger partial charge in [-0.05, 0) is 109 Å². The lowest BCUT2D eigenvalue weighted by Gasteiger charge is -2.38. The zero-order valence-electron chi connectivity index (χ0n) is 39.1. The first kappa shape index (κ1) is 53.9. The Kier molecular flexibility index (Phi) is 17.8. The van der Waals surface area contributed by atoms with E-state index in [0.717, 1.165) is 38.6 Å². The van der Waals surface area contributed by atoms with E-state index in [0.29, 0.717) is 87.7 Å².